The smallest absolute Gasteiger partial charge is 0.127 e. The standard InChI is InChI=1S/C14H23NO3S/c1-11(19(4)16)7-8-15-10-12-5-6-13(17-2)9-14(12)18-3/h5-6,9,11,15H,7-8,10H2,1-4H3. The molecule has 0 amide bonds. The average molecular weight is 285 g/mol. The fourth-order valence-electron chi connectivity index (χ4n) is 1.69. The van der Waals surface area contributed by atoms with Crippen LogP contribution in [0.25, 0.3) is 0 Å². The van der Waals surface area contributed by atoms with Crippen molar-refractivity contribution in [2.75, 3.05) is 27.0 Å². The quantitative estimate of drug-likeness (QED) is 0.742. The molecule has 0 aliphatic rings. The molecule has 2 unspecified atom stereocenters. The van der Waals surface area contributed by atoms with E-state index >= 15 is 0 Å². The molecule has 1 rings (SSSR count). The molecule has 1 N–H and O–H groups in total. The molecule has 4 nitrogen and oxygen atoms in total. The van der Waals surface area contributed by atoms with Crippen molar-refractivity contribution in [3.8, 4) is 11.5 Å². The van der Waals surface area contributed by atoms with Gasteiger partial charge in [0.2, 0.25) is 0 Å². The Morgan fingerprint density at radius 2 is 2.05 bits per heavy atom. The molecule has 0 heterocycles. The molecule has 0 saturated carbocycles. The highest BCUT2D eigenvalue weighted by Gasteiger charge is 2.07. The Morgan fingerprint density at radius 3 is 2.63 bits per heavy atom. The van der Waals surface area contributed by atoms with Crippen LogP contribution in [-0.2, 0) is 17.3 Å². The Kier molecular flexibility index (Phi) is 6.87. The number of nitrogens with one attached hydrogen (secondary N) is 1. The summed E-state index contributed by atoms with van der Waals surface area (Å²) in [4.78, 5) is 0. The molecule has 1 aromatic carbocycles. The Labute approximate surface area is 118 Å². The summed E-state index contributed by atoms with van der Waals surface area (Å²) >= 11 is 0. The van der Waals surface area contributed by atoms with Crippen LogP contribution in [-0.4, -0.2) is 36.5 Å². The predicted molar refractivity (Wildman–Crippen MR) is 79.4 cm³/mol. The first kappa shape index (κ1) is 16.0. The maximum atomic E-state index is 11.2. The Hall–Kier alpha value is -1.07. The summed E-state index contributed by atoms with van der Waals surface area (Å²) in [6.07, 6.45) is 2.65. The van der Waals surface area contributed by atoms with Crippen LogP contribution in [0.4, 0.5) is 0 Å². The van der Waals surface area contributed by atoms with E-state index in [9.17, 15) is 4.21 Å². The number of ether oxygens (including phenoxy) is 2. The average Bonchev–Trinajstić information content (AvgIpc) is 2.43. The van der Waals surface area contributed by atoms with Gasteiger partial charge in [0.25, 0.3) is 0 Å². The molecule has 2 atom stereocenters. The molecule has 0 saturated heterocycles. The van der Waals surface area contributed by atoms with E-state index in [1.54, 1.807) is 20.5 Å². The maximum Gasteiger partial charge on any atom is 0.127 e. The third-order valence-corrected chi connectivity index (χ3v) is 4.47. The second-order valence-electron chi connectivity index (χ2n) is 4.45. The Balaban J connectivity index is 2.47. The predicted octanol–water partition coefficient (Wildman–Crippen LogP) is 1.95. The van der Waals surface area contributed by atoms with E-state index < -0.39 is 10.8 Å². The monoisotopic (exact) mass is 285 g/mol. The summed E-state index contributed by atoms with van der Waals surface area (Å²) in [6, 6.07) is 5.79. The molecule has 0 aliphatic heterocycles. The molecule has 0 spiro atoms. The first-order chi connectivity index (χ1) is 9.08. The van der Waals surface area contributed by atoms with Gasteiger partial charge in [-0.05, 0) is 19.0 Å². The zero-order valence-corrected chi connectivity index (χ0v) is 12.9. The summed E-state index contributed by atoms with van der Waals surface area (Å²) in [5.74, 6) is 1.61. The second-order valence-corrected chi connectivity index (χ2v) is 6.25. The van der Waals surface area contributed by atoms with Gasteiger partial charge in [0.1, 0.15) is 11.5 Å². The molecule has 0 aromatic heterocycles. The molecular weight excluding hydrogens is 262 g/mol. The molecule has 1 aromatic rings. The van der Waals surface area contributed by atoms with E-state index in [0.717, 1.165) is 36.6 Å². The lowest BCUT2D eigenvalue weighted by Gasteiger charge is -2.12. The summed E-state index contributed by atoms with van der Waals surface area (Å²) < 4.78 is 21.7. The molecule has 0 bridgehead atoms. The van der Waals surface area contributed by atoms with Gasteiger partial charge in [0.15, 0.2) is 0 Å². The Bertz CT molecular complexity index is 423. The van der Waals surface area contributed by atoms with Crippen molar-refractivity contribution in [1.82, 2.24) is 5.32 Å². The van der Waals surface area contributed by atoms with Gasteiger partial charge in [-0.2, -0.15) is 0 Å². The largest absolute Gasteiger partial charge is 0.497 e. The molecule has 0 radical (unpaired) electrons. The van der Waals surface area contributed by atoms with Gasteiger partial charge >= 0.3 is 0 Å². The van der Waals surface area contributed by atoms with Crippen molar-refractivity contribution < 1.29 is 13.7 Å². The zero-order valence-electron chi connectivity index (χ0n) is 12.1. The minimum absolute atomic E-state index is 0.227. The van der Waals surface area contributed by atoms with Crippen LogP contribution in [0.1, 0.15) is 18.9 Å². The number of hydrogen-bond acceptors (Lipinski definition) is 4. The van der Waals surface area contributed by atoms with Crippen molar-refractivity contribution in [3.63, 3.8) is 0 Å². The molecule has 19 heavy (non-hydrogen) atoms. The zero-order chi connectivity index (χ0) is 14.3. The fourth-order valence-corrected chi connectivity index (χ4v) is 2.14. The van der Waals surface area contributed by atoms with E-state index in [-0.39, 0.29) is 5.25 Å². The third kappa shape index (κ3) is 5.20. The van der Waals surface area contributed by atoms with Gasteiger partial charge < -0.3 is 14.8 Å². The van der Waals surface area contributed by atoms with Gasteiger partial charge in [0, 0.05) is 40.5 Å². The highest BCUT2D eigenvalue weighted by Crippen LogP contribution is 2.24. The second kappa shape index (κ2) is 8.17. The van der Waals surface area contributed by atoms with Crippen molar-refractivity contribution in [2.24, 2.45) is 0 Å². The lowest BCUT2D eigenvalue weighted by atomic mass is 10.2. The minimum atomic E-state index is -0.750. The minimum Gasteiger partial charge on any atom is -0.497 e. The lowest BCUT2D eigenvalue weighted by molar-refractivity contribution is 0.390. The number of hydrogen-bond donors (Lipinski definition) is 1. The van der Waals surface area contributed by atoms with Crippen molar-refractivity contribution in [2.45, 2.75) is 25.1 Å². The first-order valence-corrected chi connectivity index (χ1v) is 7.94. The molecule has 0 aliphatic carbocycles. The van der Waals surface area contributed by atoms with Gasteiger partial charge in [-0.3, -0.25) is 4.21 Å². The van der Waals surface area contributed by atoms with Gasteiger partial charge in [-0.15, -0.1) is 0 Å². The molecular formula is C14H23NO3S. The third-order valence-electron chi connectivity index (χ3n) is 3.10. The van der Waals surface area contributed by atoms with E-state index in [1.165, 1.54) is 0 Å². The molecule has 5 heteroatoms. The summed E-state index contributed by atoms with van der Waals surface area (Å²) in [7, 11) is 2.54. The van der Waals surface area contributed by atoms with Gasteiger partial charge in [-0.25, -0.2) is 0 Å². The lowest BCUT2D eigenvalue weighted by Crippen LogP contribution is -2.21. The molecule has 0 fully saturated rings. The fraction of sp³-hybridized carbons (Fsp3) is 0.571. The van der Waals surface area contributed by atoms with E-state index in [4.69, 9.17) is 9.47 Å². The van der Waals surface area contributed by atoms with Crippen LogP contribution in [0.5, 0.6) is 11.5 Å². The van der Waals surface area contributed by atoms with Crippen molar-refractivity contribution in [1.29, 1.82) is 0 Å². The van der Waals surface area contributed by atoms with Crippen molar-refractivity contribution in [3.05, 3.63) is 23.8 Å². The van der Waals surface area contributed by atoms with Crippen LogP contribution < -0.4 is 14.8 Å². The summed E-state index contributed by atoms with van der Waals surface area (Å²) in [6.45, 7) is 3.58. The van der Waals surface area contributed by atoms with Crippen LogP contribution in [0.15, 0.2) is 18.2 Å². The maximum absolute atomic E-state index is 11.2. The van der Waals surface area contributed by atoms with Crippen LogP contribution in [0.2, 0.25) is 0 Å². The summed E-state index contributed by atoms with van der Waals surface area (Å²) in [5, 5.41) is 3.57. The highest BCUT2D eigenvalue weighted by molar-refractivity contribution is 7.84. The van der Waals surface area contributed by atoms with Gasteiger partial charge in [-0.1, -0.05) is 13.0 Å². The van der Waals surface area contributed by atoms with Crippen LogP contribution in [0, 0.1) is 0 Å². The highest BCUT2D eigenvalue weighted by atomic mass is 32.2. The first-order valence-electron chi connectivity index (χ1n) is 6.32. The summed E-state index contributed by atoms with van der Waals surface area (Å²) in [5.41, 5.74) is 1.09. The van der Waals surface area contributed by atoms with E-state index in [1.807, 2.05) is 25.1 Å². The molecule has 108 valence electrons. The SMILES string of the molecule is COc1ccc(CNCCC(C)S(C)=O)c(OC)c1. The van der Waals surface area contributed by atoms with E-state index in [0.29, 0.717) is 0 Å². The number of methoxy groups -OCH3 is 2. The normalized spacial score (nSPS) is 13.9. The Morgan fingerprint density at radius 1 is 1.32 bits per heavy atom. The number of rotatable bonds is 8. The van der Waals surface area contributed by atoms with Crippen molar-refractivity contribution >= 4 is 10.8 Å². The van der Waals surface area contributed by atoms with Crippen LogP contribution >= 0.6 is 0 Å². The topological polar surface area (TPSA) is 47.6 Å². The van der Waals surface area contributed by atoms with Gasteiger partial charge in [0.05, 0.1) is 14.2 Å². The number of benzene rings is 1. The van der Waals surface area contributed by atoms with E-state index in [2.05, 4.69) is 5.32 Å². The van der Waals surface area contributed by atoms with Crippen LogP contribution in [0.3, 0.4) is 0 Å².